The van der Waals surface area contributed by atoms with Crippen LogP contribution in [-0.2, 0) is 12.8 Å². The average Bonchev–Trinajstić information content (AvgIpc) is 3.06. The maximum Gasteiger partial charge on any atom is 0.264 e. The molecule has 0 bridgehead atoms. The van der Waals surface area contributed by atoms with Gasteiger partial charge >= 0.3 is 0 Å². The molecule has 3 aromatic carbocycles. The first-order chi connectivity index (χ1) is 17.9. The van der Waals surface area contributed by atoms with E-state index in [0.717, 1.165) is 48.3 Å². The molecule has 1 nitrogen and oxygen atoms in total. The van der Waals surface area contributed by atoms with Crippen LogP contribution in [0, 0.1) is 11.7 Å². The Labute approximate surface area is 220 Å². The van der Waals surface area contributed by atoms with Crippen molar-refractivity contribution in [2.24, 2.45) is 5.92 Å². The molecule has 0 saturated carbocycles. The summed E-state index contributed by atoms with van der Waals surface area (Å²) in [6, 6.07) is 17.9. The van der Waals surface area contributed by atoms with E-state index in [4.69, 9.17) is 11.6 Å². The van der Waals surface area contributed by atoms with Crippen LogP contribution in [0.3, 0.4) is 0 Å². The summed E-state index contributed by atoms with van der Waals surface area (Å²) in [5, 5.41) is 0.268. The second-order valence-electron chi connectivity index (χ2n) is 10.1. The highest BCUT2D eigenvalue weighted by molar-refractivity contribution is 6.30. The third-order valence-electron chi connectivity index (χ3n) is 7.53. The topological polar surface area (TPSA) is 3.24 Å². The lowest BCUT2D eigenvalue weighted by molar-refractivity contribution is 0.0968. The molecule has 0 radical (unpaired) electrons. The number of allylic oxidation sites excluding steroid dienone is 1. The van der Waals surface area contributed by atoms with E-state index >= 15 is 0 Å². The first kappa shape index (κ1) is 26.0. The molecule has 0 unspecified atom stereocenters. The minimum atomic E-state index is -2.67. The first-order valence-corrected chi connectivity index (χ1v) is 13.3. The van der Waals surface area contributed by atoms with Crippen LogP contribution in [0.15, 0.2) is 60.7 Å². The maximum absolute atomic E-state index is 14.9. The zero-order chi connectivity index (χ0) is 25.9. The lowest BCUT2D eigenvalue weighted by Gasteiger charge is -2.39. The summed E-state index contributed by atoms with van der Waals surface area (Å²) in [5.41, 5.74) is 5.47. The summed E-state index contributed by atoms with van der Waals surface area (Å²) >= 11 is 6.08. The Balaban J connectivity index is 1.53. The molecular weight excluding hydrogens is 498 g/mol. The van der Waals surface area contributed by atoms with Gasteiger partial charge < -0.3 is 4.90 Å². The Morgan fingerprint density at radius 1 is 0.946 bits per heavy atom. The number of likely N-dealkylation sites (tertiary alicyclic amines) is 1. The number of alkyl halides is 3. The number of hydrogen-bond donors (Lipinski definition) is 0. The summed E-state index contributed by atoms with van der Waals surface area (Å²) in [4.78, 5) is 2.28. The number of halogens is 5. The van der Waals surface area contributed by atoms with Gasteiger partial charge in [-0.1, -0.05) is 54.1 Å². The Kier molecular flexibility index (Phi) is 8.01. The van der Waals surface area contributed by atoms with Gasteiger partial charge in [0.2, 0.25) is 0 Å². The van der Waals surface area contributed by atoms with E-state index in [-0.39, 0.29) is 23.1 Å². The molecule has 1 aliphatic heterocycles. The van der Waals surface area contributed by atoms with Crippen molar-refractivity contribution in [1.82, 2.24) is 4.90 Å². The van der Waals surface area contributed by atoms with Gasteiger partial charge in [-0.3, -0.25) is 4.39 Å². The van der Waals surface area contributed by atoms with Gasteiger partial charge in [-0.15, -0.1) is 0 Å². The smallest absolute Gasteiger partial charge is 0.264 e. The van der Waals surface area contributed by atoms with Gasteiger partial charge in [-0.05, 0) is 95.2 Å². The van der Waals surface area contributed by atoms with Gasteiger partial charge in [-0.25, -0.2) is 13.2 Å². The number of benzene rings is 3. The van der Waals surface area contributed by atoms with Crippen LogP contribution in [0.4, 0.5) is 17.6 Å². The number of nitrogens with zero attached hydrogens (tertiary/aromatic N) is 1. The van der Waals surface area contributed by atoms with Gasteiger partial charge in [0.1, 0.15) is 5.82 Å². The molecule has 0 atom stereocenters. The van der Waals surface area contributed by atoms with Crippen molar-refractivity contribution in [2.75, 3.05) is 26.3 Å². The van der Waals surface area contributed by atoms with Crippen LogP contribution in [0.25, 0.3) is 11.1 Å². The fourth-order valence-electron chi connectivity index (χ4n) is 5.78. The van der Waals surface area contributed by atoms with Gasteiger partial charge in [0.25, 0.3) is 6.43 Å². The minimum Gasteiger partial charge on any atom is -0.303 e. The molecule has 0 amide bonds. The zero-order valence-corrected chi connectivity index (χ0v) is 21.4. The minimum absolute atomic E-state index is 0.0984. The summed E-state index contributed by atoms with van der Waals surface area (Å²) < 4.78 is 55.5. The van der Waals surface area contributed by atoms with Gasteiger partial charge in [0.15, 0.2) is 0 Å². The van der Waals surface area contributed by atoms with Crippen molar-refractivity contribution in [3.8, 4) is 0 Å². The second-order valence-corrected chi connectivity index (χ2v) is 10.5. The Bertz CT molecular complexity index is 1280. The molecule has 1 fully saturated rings. The summed E-state index contributed by atoms with van der Waals surface area (Å²) in [6.07, 6.45) is 0.621. The monoisotopic (exact) mass is 527 g/mol. The van der Waals surface area contributed by atoms with Crippen molar-refractivity contribution >= 4 is 22.7 Å². The first-order valence-electron chi connectivity index (χ1n) is 12.9. The summed E-state index contributed by atoms with van der Waals surface area (Å²) in [6.45, 7) is 2.50. The molecule has 1 aliphatic carbocycles. The molecule has 1 heterocycles. The molecule has 37 heavy (non-hydrogen) atoms. The molecule has 3 aromatic rings. The molecule has 5 rings (SSSR count). The lowest BCUT2D eigenvalue weighted by Crippen LogP contribution is -2.47. The predicted molar refractivity (Wildman–Crippen MR) is 142 cm³/mol. The largest absolute Gasteiger partial charge is 0.303 e. The number of fused-ring (bicyclic) bond motifs is 1. The van der Waals surface area contributed by atoms with E-state index < -0.39 is 6.43 Å². The van der Waals surface area contributed by atoms with Crippen LogP contribution < -0.4 is 0 Å². The zero-order valence-electron chi connectivity index (χ0n) is 20.6. The fraction of sp³-hybridized carbons (Fsp3) is 0.355. The molecule has 0 N–H and O–H groups in total. The highest BCUT2D eigenvalue weighted by Gasteiger charge is 2.27. The van der Waals surface area contributed by atoms with E-state index in [0.29, 0.717) is 42.7 Å². The molecule has 194 valence electrons. The average molecular weight is 528 g/mol. The van der Waals surface area contributed by atoms with E-state index in [1.165, 1.54) is 17.7 Å². The third kappa shape index (κ3) is 5.63. The molecular formula is C31H30ClF4N. The van der Waals surface area contributed by atoms with Crippen molar-refractivity contribution in [1.29, 1.82) is 0 Å². The summed E-state index contributed by atoms with van der Waals surface area (Å²) in [5.74, 6) is 0.288. The Morgan fingerprint density at radius 3 is 2.46 bits per heavy atom. The number of hydrogen-bond acceptors (Lipinski definition) is 1. The van der Waals surface area contributed by atoms with Crippen molar-refractivity contribution in [2.45, 2.75) is 38.5 Å². The predicted octanol–water partition coefficient (Wildman–Crippen LogP) is 8.55. The Hall–Kier alpha value is -2.63. The van der Waals surface area contributed by atoms with Gasteiger partial charge in [0.05, 0.1) is 6.67 Å². The fourth-order valence-corrected chi connectivity index (χ4v) is 5.96. The van der Waals surface area contributed by atoms with Gasteiger partial charge in [0, 0.05) is 30.2 Å². The molecule has 2 aliphatic rings. The van der Waals surface area contributed by atoms with E-state index in [2.05, 4.69) is 17.0 Å². The van der Waals surface area contributed by atoms with Crippen LogP contribution in [-0.4, -0.2) is 31.2 Å². The molecule has 0 aromatic heterocycles. The highest BCUT2D eigenvalue weighted by atomic mass is 35.5. The molecule has 6 heteroatoms. The van der Waals surface area contributed by atoms with E-state index in [1.807, 2.05) is 18.2 Å². The normalized spacial score (nSPS) is 16.6. The van der Waals surface area contributed by atoms with Crippen LogP contribution >= 0.6 is 11.6 Å². The maximum atomic E-state index is 14.9. The molecule has 0 spiro atoms. The Morgan fingerprint density at radius 2 is 1.73 bits per heavy atom. The van der Waals surface area contributed by atoms with Crippen LogP contribution in [0.2, 0.25) is 5.02 Å². The van der Waals surface area contributed by atoms with E-state index in [9.17, 15) is 17.6 Å². The van der Waals surface area contributed by atoms with Crippen molar-refractivity contribution in [3.63, 3.8) is 0 Å². The number of rotatable bonds is 8. The highest BCUT2D eigenvalue weighted by Crippen LogP contribution is 2.43. The van der Waals surface area contributed by atoms with Crippen molar-refractivity contribution < 1.29 is 17.6 Å². The van der Waals surface area contributed by atoms with Crippen molar-refractivity contribution in [3.05, 3.63) is 105 Å². The quantitative estimate of drug-likeness (QED) is 0.265. The summed E-state index contributed by atoms with van der Waals surface area (Å²) in [7, 11) is 0. The van der Waals surface area contributed by atoms with E-state index in [1.54, 1.807) is 18.2 Å². The van der Waals surface area contributed by atoms with Gasteiger partial charge in [-0.2, -0.15) is 0 Å². The van der Waals surface area contributed by atoms with Crippen LogP contribution in [0.1, 0.15) is 59.1 Å². The second kappa shape index (κ2) is 11.4. The van der Waals surface area contributed by atoms with Crippen LogP contribution in [0.5, 0.6) is 0 Å². The molecule has 1 saturated heterocycles. The third-order valence-corrected chi connectivity index (χ3v) is 7.76. The lowest BCUT2D eigenvalue weighted by atomic mass is 9.85. The standard InChI is InChI=1S/C31H30ClF4N/c32-23-12-13-24(28(17-23)31(35)36)26-5-1-4-25-27(6-2-7-29(25)34)30(26)22-10-8-20(9-11-22)16-21-18-37(19-21)15-3-14-33/h2,6-13,17,21,31H,1,3-5,14-16,18-19H2. The SMILES string of the molecule is FCCCN1CC(Cc2ccc(C3=C(c4ccc(Cl)cc4C(F)F)CCCc4c(F)cccc43)cc2)C1.